The number of alkyl halides is 3. The Morgan fingerprint density at radius 3 is 2.69 bits per heavy atom. The van der Waals surface area contributed by atoms with E-state index in [0.29, 0.717) is 30.4 Å². The van der Waals surface area contributed by atoms with Crippen LogP contribution in [0, 0.1) is 11.2 Å². The minimum absolute atomic E-state index is 0.0189. The fourth-order valence-corrected chi connectivity index (χ4v) is 6.50. The predicted octanol–water partition coefficient (Wildman–Crippen LogP) is 5.69. The molecule has 5 heterocycles. The van der Waals surface area contributed by atoms with E-state index < -0.39 is 23.5 Å². The van der Waals surface area contributed by atoms with Crippen molar-refractivity contribution in [2.24, 2.45) is 5.41 Å². The number of anilines is 2. The Hall–Kier alpha value is -4.75. The van der Waals surface area contributed by atoms with Gasteiger partial charge >= 0.3 is 6.18 Å². The van der Waals surface area contributed by atoms with E-state index in [1.807, 2.05) is 4.90 Å². The summed E-state index contributed by atoms with van der Waals surface area (Å²) in [6.45, 7) is 6.44. The summed E-state index contributed by atoms with van der Waals surface area (Å²) in [6, 6.07) is 3.83. The normalized spacial score (nSPS) is 19.5. The van der Waals surface area contributed by atoms with Crippen LogP contribution >= 0.6 is 0 Å². The second-order valence-corrected chi connectivity index (χ2v) is 12.0. The summed E-state index contributed by atoms with van der Waals surface area (Å²) in [5.41, 5.74) is 5.42. The Labute approximate surface area is 255 Å². The number of nitrogens with zero attached hydrogens (tertiary/aromatic N) is 5. The summed E-state index contributed by atoms with van der Waals surface area (Å²) in [6.07, 6.45) is 1.49. The van der Waals surface area contributed by atoms with Crippen molar-refractivity contribution in [2.45, 2.75) is 58.2 Å². The molecule has 2 saturated heterocycles. The molecule has 0 spiro atoms. The number of pyridine rings is 1. The maximum atomic E-state index is 16.1. The molecule has 3 aromatic heterocycles. The van der Waals surface area contributed by atoms with Gasteiger partial charge in [-0.25, -0.2) is 19.3 Å². The fourth-order valence-electron chi connectivity index (χ4n) is 6.50. The molecule has 14 heteroatoms. The van der Waals surface area contributed by atoms with Crippen molar-refractivity contribution in [3.63, 3.8) is 0 Å². The zero-order valence-corrected chi connectivity index (χ0v) is 24.8. The van der Waals surface area contributed by atoms with E-state index >= 15 is 4.39 Å². The van der Waals surface area contributed by atoms with E-state index in [9.17, 15) is 22.8 Å². The average molecular weight is 626 g/mol. The fraction of sp³-hybridized carbons (Fsp3) is 0.387. The number of rotatable bonds is 6. The third kappa shape index (κ3) is 5.42. The van der Waals surface area contributed by atoms with Gasteiger partial charge in [0.05, 0.1) is 17.7 Å². The average Bonchev–Trinajstić information content (AvgIpc) is 3.47. The van der Waals surface area contributed by atoms with Crippen LogP contribution in [-0.2, 0) is 11.0 Å². The topological polar surface area (TPSA) is 128 Å². The Morgan fingerprint density at radius 2 is 1.96 bits per heavy atom. The number of piperidine rings is 1. The van der Waals surface area contributed by atoms with Crippen LogP contribution in [0.25, 0.3) is 16.8 Å². The minimum atomic E-state index is -4.64. The quantitative estimate of drug-likeness (QED) is 0.264. The zero-order chi connectivity index (χ0) is 32.3. The second-order valence-electron chi connectivity index (χ2n) is 12.0. The van der Waals surface area contributed by atoms with Crippen molar-refractivity contribution in [1.82, 2.24) is 24.3 Å². The molecule has 0 saturated carbocycles. The first-order valence-corrected chi connectivity index (χ1v) is 14.5. The van der Waals surface area contributed by atoms with Gasteiger partial charge in [0.2, 0.25) is 5.91 Å². The number of amides is 2. The van der Waals surface area contributed by atoms with Crippen LogP contribution in [0.3, 0.4) is 0 Å². The van der Waals surface area contributed by atoms with E-state index in [1.54, 1.807) is 17.5 Å². The number of benzene rings is 1. The number of halogens is 4. The van der Waals surface area contributed by atoms with Crippen LogP contribution in [0.2, 0.25) is 0 Å². The monoisotopic (exact) mass is 625 g/mol. The van der Waals surface area contributed by atoms with Crippen LogP contribution < -0.4 is 15.8 Å². The Kier molecular flexibility index (Phi) is 7.40. The molecule has 1 aromatic carbocycles. The molecular formula is C31H31F4N7O3. The molecule has 10 nitrogen and oxygen atoms in total. The highest BCUT2D eigenvalue weighted by Gasteiger charge is 2.48. The Morgan fingerprint density at radius 1 is 1.18 bits per heavy atom. The second kappa shape index (κ2) is 11.0. The summed E-state index contributed by atoms with van der Waals surface area (Å²) < 4.78 is 63.0. The molecule has 2 aliphatic heterocycles. The van der Waals surface area contributed by atoms with Gasteiger partial charge in [-0.3, -0.25) is 14.0 Å². The van der Waals surface area contributed by atoms with Gasteiger partial charge < -0.3 is 20.7 Å². The number of ether oxygens (including phenoxy) is 1. The van der Waals surface area contributed by atoms with Gasteiger partial charge in [-0.05, 0) is 49.4 Å². The predicted molar refractivity (Wildman–Crippen MR) is 157 cm³/mol. The molecule has 2 atom stereocenters. The summed E-state index contributed by atoms with van der Waals surface area (Å²) in [4.78, 5) is 40.7. The number of aromatic nitrogens is 4. The number of hydrogen-bond donors (Lipinski definition) is 2. The first-order valence-electron chi connectivity index (χ1n) is 14.5. The molecule has 6 rings (SSSR count). The first kappa shape index (κ1) is 30.3. The summed E-state index contributed by atoms with van der Waals surface area (Å²) in [7, 11) is 0. The SMILES string of the molecule is CCOc1cc(C(=O)Nc2cc(C(F)(F)F)ccn2)cc(F)c1-c1nc([C@@H]2CC[C@@H]3N(C2)C(=O)CC3(C)C)n2ccnc(N)c12. The number of carbonyl (C=O) groups is 2. The molecule has 3 N–H and O–H groups in total. The van der Waals surface area contributed by atoms with Crippen LogP contribution in [0.4, 0.5) is 29.2 Å². The number of imidazole rings is 1. The lowest BCUT2D eigenvalue weighted by Gasteiger charge is -2.39. The van der Waals surface area contributed by atoms with Gasteiger partial charge in [-0.1, -0.05) is 13.8 Å². The van der Waals surface area contributed by atoms with Crippen LogP contribution in [0.15, 0.2) is 42.9 Å². The Balaban J connectivity index is 1.39. The first-order chi connectivity index (χ1) is 21.3. The van der Waals surface area contributed by atoms with Crippen molar-refractivity contribution in [2.75, 3.05) is 24.2 Å². The van der Waals surface area contributed by atoms with Gasteiger partial charge in [0.15, 0.2) is 0 Å². The lowest BCUT2D eigenvalue weighted by atomic mass is 9.79. The van der Waals surface area contributed by atoms with Crippen molar-refractivity contribution >= 4 is 29.0 Å². The summed E-state index contributed by atoms with van der Waals surface area (Å²) in [5.74, 6) is -1.51. The largest absolute Gasteiger partial charge is 0.493 e. The third-order valence-corrected chi connectivity index (χ3v) is 8.57. The van der Waals surface area contributed by atoms with Gasteiger partial charge in [0, 0.05) is 49.1 Å². The maximum absolute atomic E-state index is 16.1. The number of hydrogen-bond acceptors (Lipinski definition) is 7. The lowest BCUT2D eigenvalue weighted by molar-refractivity contribution is -0.137. The molecule has 0 unspecified atom stereocenters. The molecular weight excluding hydrogens is 594 g/mol. The van der Waals surface area contributed by atoms with E-state index in [0.717, 1.165) is 31.2 Å². The summed E-state index contributed by atoms with van der Waals surface area (Å²) in [5, 5.41) is 2.29. The van der Waals surface area contributed by atoms with Crippen molar-refractivity contribution in [3.05, 3.63) is 65.6 Å². The van der Waals surface area contributed by atoms with Crippen LogP contribution in [-0.4, -0.2) is 55.3 Å². The van der Waals surface area contributed by atoms with Gasteiger partial charge in [0.1, 0.15) is 40.2 Å². The molecule has 2 amide bonds. The molecule has 0 aliphatic carbocycles. The van der Waals surface area contributed by atoms with Crippen LogP contribution in [0.1, 0.15) is 67.7 Å². The van der Waals surface area contributed by atoms with Crippen molar-refractivity contribution in [3.8, 4) is 17.0 Å². The minimum Gasteiger partial charge on any atom is -0.493 e. The molecule has 2 aliphatic rings. The van der Waals surface area contributed by atoms with Crippen molar-refractivity contribution in [1.29, 1.82) is 0 Å². The molecule has 236 valence electrons. The van der Waals surface area contributed by atoms with Gasteiger partial charge in [-0.2, -0.15) is 13.2 Å². The van der Waals surface area contributed by atoms with Gasteiger partial charge in [0.25, 0.3) is 5.91 Å². The third-order valence-electron chi connectivity index (χ3n) is 8.57. The van der Waals surface area contributed by atoms with E-state index in [4.69, 9.17) is 15.5 Å². The number of nitrogens with one attached hydrogen (secondary N) is 1. The number of fused-ring (bicyclic) bond motifs is 2. The van der Waals surface area contributed by atoms with Gasteiger partial charge in [-0.15, -0.1) is 0 Å². The zero-order valence-electron chi connectivity index (χ0n) is 24.8. The van der Waals surface area contributed by atoms with E-state index in [1.165, 1.54) is 12.3 Å². The molecule has 45 heavy (non-hydrogen) atoms. The Bertz CT molecular complexity index is 1820. The highest BCUT2D eigenvalue weighted by Crippen LogP contribution is 2.46. The lowest BCUT2D eigenvalue weighted by Crippen LogP contribution is -2.44. The molecule has 0 radical (unpaired) electrons. The van der Waals surface area contributed by atoms with E-state index in [-0.39, 0.29) is 64.1 Å². The number of nitrogen functional groups attached to an aromatic ring is 1. The van der Waals surface area contributed by atoms with E-state index in [2.05, 4.69) is 29.1 Å². The number of nitrogens with two attached hydrogens (primary N) is 1. The number of carbonyl (C=O) groups excluding carboxylic acids is 2. The highest BCUT2D eigenvalue weighted by atomic mass is 19.4. The summed E-state index contributed by atoms with van der Waals surface area (Å²) >= 11 is 0. The molecule has 0 bridgehead atoms. The van der Waals surface area contributed by atoms with Crippen molar-refractivity contribution < 1.29 is 31.9 Å². The highest BCUT2D eigenvalue weighted by molar-refractivity contribution is 6.05. The smallest absolute Gasteiger partial charge is 0.416 e. The molecule has 4 aromatic rings. The molecule has 2 fully saturated rings. The standard InChI is InChI=1S/C31H31F4N7O3/c1-4-45-20-12-17(29(44)39-22-13-18(7-8-37-22)31(33,34)35)11-19(32)24(20)25-26-27(36)38-9-10-41(26)28(40-25)16-5-6-21-30(2,3)14-23(43)42(21)15-16/h7-13,16,21H,4-6,14-15H2,1-3H3,(H2,36,38)(H,37,39,44)/t16-,21+/m1/s1. The maximum Gasteiger partial charge on any atom is 0.416 e. The van der Waals surface area contributed by atoms with Crippen LogP contribution in [0.5, 0.6) is 5.75 Å².